The summed E-state index contributed by atoms with van der Waals surface area (Å²) in [5.41, 5.74) is 24.7. The van der Waals surface area contributed by atoms with Crippen LogP contribution in [0.1, 0.15) is 38.5 Å². The molecule has 5 aliphatic rings. The van der Waals surface area contributed by atoms with E-state index in [0.29, 0.717) is 44.5 Å². The Hall–Kier alpha value is -3.15. The fourth-order valence-electron chi connectivity index (χ4n) is 8.05. The van der Waals surface area contributed by atoms with Crippen molar-refractivity contribution >= 4 is 11.8 Å². The van der Waals surface area contributed by atoms with Gasteiger partial charge in [-0.1, -0.05) is 35.5 Å². The maximum atomic E-state index is 12.7. The molecule has 0 aromatic rings. The first kappa shape index (κ1) is 27.4. The summed E-state index contributed by atoms with van der Waals surface area (Å²) in [7, 11) is 0. The van der Waals surface area contributed by atoms with E-state index in [-0.39, 0.29) is 36.6 Å². The summed E-state index contributed by atoms with van der Waals surface area (Å²) in [5, 5.41) is 22.6. The lowest BCUT2D eigenvalue weighted by atomic mass is 9.43. The van der Waals surface area contributed by atoms with Crippen molar-refractivity contribution in [3.8, 4) is 0 Å². The largest absolute Gasteiger partial charge is 0.388 e. The Kier molecular flexibility index (Phi) is 7.34. The van der Waals surface area contributed by atoms with Gasteiger partial charge in [-0.25, -0.2) is 0 Å². The van der Waals surface area contributed by atoms with E-state index in [2.05, 4.69) is 31.9 Å². The minimum atomic E-state index is -0.800. The van der Waals surface area contributed by atoms with Crippen molar-refractivity contribution in [2.45, 2.75) is 55.7 Å². The Labute approximate surface area is 226 Å². The van der Waals surface area contributed by atoms with Gasteiger partial charge in [0.2, 0.25) is 0 Å². The lowest BCUT2D eigenvalue weighted by Crippen LogP contribution is -2.79. The number of hydrogen-bond acceptors (Lipinski definition) is 8. The van der Waals surface area contributed by atoms with Crippen LogP contribution in [0.4, 0.5) is 0 Å². The third kappa shape index (κ3) is 4.46. The van der Waals surface area contributed by atoms with Crippen molar-refractivity contribution < 1.29 is 14.7 Å². The van der Waals surface area contributed by atoms with E-state index in [4.69, 9.17) is 11.5 Å². The van der Waals surface area contributed by atoms with E-state index < -0.39 is 28.5 Å². The van der Waals surface area contributed by atoms with Crippen LogP contribution >= 0.6 is 0 Å². The molecule has 12 heteroatoms. The summed E-state index contributed by atoms with van der Waals surface area (Å²) < 4.78 is 0. The molecule has 4 aliphatic carbocycles. The van der Waals surface area contributed by atoms with E-state index >= 15 is 0 Å². The van der Waals surface area contributed by atoms with Crippen LogP contribution in [0.2, 0.25) is 0 Å². The molecule has 0 spiro atoms. The normalized spacial score (nSPS) is 38.6. The second-order valence-corrected chi connectivity index (χ2v) is 11.6. The van der Waals surface area contributed by atoms with Crippen molar-refractivity contribution in [2.24, 2.45) is 44.9 Å². The van der Waals surface area contributed by atoms with Gasteiger partial charge in [-0.15, -0.1) is 4.91 Å². The van der Waals surface area contributed by atoms with Crippen molar-refractivity contribution in [2.75, 3.05) is 26.2 Å². The fraction of sp³-hybridized carbons (Fsp3) is 0.630. The highest BCUT2D eigenvalue weighted by atomic mass is 16.3. The monoisotopic (exact) mass is 536 g/mol. The highest BCUT2D eigenvalue weighted by Gasteiger charge is 2.67. The number of carbonyl (C=O) groups is 2. The maximum Gasteiger partial charge on any atom is 0.288 e. The molecule has 2 fully saturated rings. The molecule has 0 aromatic heterocycles. The zero-order valence-corrected chi connectivity index (χ0v) is 21.9. The Morgan fingerprint density at radius 1 is 1.23 bits per heavy atom. The van der Waals surface area contributed by atoms with Crippen molar-refractivity contribution in [3.63, 3.8) is 0 Å². The number of hydrogen-bond donors (Lipinski definition) is 5. The van der Waals surface area contributed by atoms with Crippen LogP contribution in [0.5, 0.6) is 0 Å². The average molecular weight is 537 g/mol. The highest BCUT2D eigenvalue weighted by molar-refractivity contribution is 5.96. The van der Waals surface area contributed by atoms with Gasteiger partial charge in [0.15, 0.2) is 0 Å². The summed E-state index contributed by atoms with van der Waals surface area (Å²) in [6, 6.07) is 0. The van der Waals surface area contributed by atoms with Gasteiger partial charge in [0, 0.05) is 70.7 Å². The summed E-state index contributed by atoms with van der Waals surface area (Å²) in [5.74, 6) is -1.17. The molecule has 0 saturated heterocycles. The molecule has 2 amide bonds. The molecule has 1 heterocycles. The first-order chi connectivity index (χ1) is 18.7. The van der Waals surface area contributed by atoms with E-state index in [9.17, 15) is 25.1 Å². The Balaban J connectivity index is 1.39. The van der Waals surface area contributed by atoms with Gasteiger partial charge < -0.3 is 27.2 Å². The standard InChI is InChI=1S/C27H36N8O4/c28-26-9-8-25(15-33-35-30)20(18-12-19(36)14-31-13-18)3-4-22(25)27(26,29)7-5-16-11-17(1-2-21(16)26)24(38)32-10-6-23(37)34-39/h1-3,11-12,16,19,21-22,31,36H,4-10,13-15,28-29H2,(H,32,38)/t16?,19?,21?,22?,25-,26-,27+/m0/s1. The zero-order chi connectivity index (χ0) is 27.8. The molecule has 5 rings (SSSR count). The molecular formula is C27H36N8O4. The number of carbonyl (C=O) groups excluding carboxylic acids is 2. The molecule has 2 saturated carbocycles. The van der Waals surface area contributed by atoms with Gasteiger partial charge in [0.05, 0.1) is 6.10 Å². The predicted molar refractivity (Wildman–Crippen MR) is 145 cm³/mol. The number of amides is 2. The van der Waals surface area contributed by atoms with E-state index in [1.54, 1.807) is 6.08 Å². The quantitative estimate of drug-likeness (QED) is 0.140. The number of nitrogens with one attached hydrogen (secondary N) is 2. The van der Waals surface area contributed by atoms with Crippen LogP contribution in [0.25, 0.3) is 10.4 Å². The van der Waals surface area contributed by atoms with Gasteiger partial charge >= 0.3 is 0 Å². The molecule has 0 aromatic carbocycles. The molecule has 1 aliphatic heterocycles. The third-order valence-electron chi connectivity index (χ3n) is 9.87. The van der Waals surface area contributed by atoms with Crippen molar-refractivity contribution in [1.29, 1.82) is 0 Å². The predicted octanol–water partition coefficient (Wildman–Crippen LogP) is 1.63. The maximum absolute atomic E-state index is 12.7. The SMILES string of the molecule is [N-]=[N+]=NC[C@]12CC[C@]3(N)C4C=CC(C(=O)NCCC(=O)N=O)=CC4CC[C@@]3(N)C1CC=C2C1=CC(O)CNC1. The van der Waals surface area contributed by atoms with Crippen LogP contribution in [0, 0.1) is 28.1 Å². The van der Waals surface area contributed by atoms with Gasteiger partial charge in [0.25, 0.3) is 11.8 Å². The molecule has 0 radical (unpaired) electrons. The number of nitroso groups, excluding NO2 is 1. The molecule has 39 heavy (non-hydrogen) atoms. The summed E-state index contributed by atoms with van der Waals surface area (Å²) >= 11 is 0. The van der Waals surface area contributed by atoms with Crippen LogP contribution in [0.3, 0.4) is 0 Å². The second-order valence-electron chi connectivity index (χ2n) is 11.6. The minimum Gasteiger partial charge on any atom is -0.388 e. The number of nitrogens with two attached hydrogens (primary N) is 2. The number of aliphatic hydroxyl groups is 1. The number of aliphatic hydroxyl groups excluding tert-OH is 1. The van der Waals surface area contributed by atoms with Crippen molar-refractivity contribution in [1.82, 2.24) is 10.6 Å². The van der Waals surface area contributed by atoms with Gasteiger partial charge in [-0.2, -0.15) is 0 Å². The number of rotatable bonds is 7. The highest BCUT2D eigenvalue weighted by Crippen LogP contribution is 2.64. The molecule has 208 valence electrons. The lowest BCUT2D eigenvalue weighted by molar-refractivity contribution is -0.118. The fourth-order valence-corrected chi connectivity index (χ4v) is 8.05. The van der Waals surface area contributed by atoms with E-state index in [1.165, 1.54) is 0 Å². The van der Waals surface area contributed by atoms with E-state index in [0.717, 1.165) is 24.0 Å². The molecule has 0 bridgehead atoms. The Morgan fingerprint density at radius 3 is 2.79 bits per heavy atom. The topological polar surface area (TPSA) is 209 Å². The first-order valence-electron chi connectivity index (χ1n) is 13.6. The molecular weight excluding hydrogens is 500 g/mol. The van der Waals surface area contributed by atoms with Gasteiger partial charge in [-0.3, -0.25) is 9.59 Å². The number of β-amino-alcohol motifs (C(OH)–C–C–N with tert-alkyl or cyclic N) is 1. The van der Waals surface area contributed by atoms with Crippen LogP contribution < -0.4 is 22.1 Å². The zero-order valence-electron chi connectivity index (χ0n) is 21.9. The third-order valence-corrected chi connectivity index (χ3v) is 9.87. The van der Waals surface area contributed by atoms with E-state index in [1.807, 2.05) is 18.2 Å². The smallest absolute Gasteiger partial charge is 0.288 e. The molecule has 4 unspecified atom stereocenters. The summed E-state index contributed by atoms with van der Waals surface area (Å²) in [6.07, 6.45) is 12.6. The Morgan fingerprint density at radius 2 is 2.05 bits per heavy atom. The first-order valence-corrected chi connectivity index (χ1v) is 13.6. The van der Waals surface area contributed by atoms with Gasteiger partial charge in [0.1, 0.15) is 0 Å². The lowest BCUT2D eigenvalue weighted by Gasteiger charge is -2.65. The number of nitrogens with zero attached hydrogens (tertiary/aromatic N) is 4. The van der Waals surface area contributed by atoms with Crippen LogP contribution in [-0.2, 0) is 9.59 Å². The number of fused-ring (bicyclic) bond motifs is 5. The van der Waals surface area contributed by atoms with Crippen LogP contribution in [-0.4, -0.2) is 60.3 Å². The number of allylic oxidation sites excluding steroid dienone is 2. The summed E-state index contributed by atoms with van der Waals surface area (Å²) in [4.78, 5) is 37.2. The molecule has 7 atom stereocenters. The average Bonchev–Trinajstić information content (AvgIpc) is 3.33. The van der Waals surface area contributed by atoms with Crippen molar-refractivity contribution in [3.05, 3.63) is 62.4 Å². The number of azide groups is 1. The minimum absolute atomic E-state index is 0.0313. The summed E-state index contributed by atoms with van der Waals surface area (Å²) in [6.45, 7) is 1.48. The second kappa shape index (κ2) is 10.4. The van der Waals surface area contributed by atoms with Gasteiger partial charge in [-0.05, 0) is 60.6 Å². The Bertz CT molecular complexity index is 1240. The van der Waals surface area contributed by atoms with Crippen LogP contribution in [0.15, 0.2) is 57.4 Å². The molecule has 12 nitrogen and oxygen atoms in total. The molecule has 7 N–H and O–H groups in total.